The maximum absolute atomic E-state index is 12.9. The van der Waals surface area contributed by atoms with Crippen LogP contribution in [0.5, 0.6) is 5.75 Å². The van der Waals surface area contributed by atoms with Crippen molar-refractivity contribution in [2.75, 3.05) is 4.90 Å². The van der Waals surface area contributed by atoms with Crippen LogP contribution in [0.15, 0.2) is 54.1 Å². The molecule has 154 valence electrons. The van der Waals surface area contributed by atoms with Crippen molar-refractivity contribution < 1.29 is 29.0 Å². The molecule has 1 aliphatic rings. The van der Waals surface area contributed by atoms with Gasteiger partial charge in [-0.2, -0.15) is 0 Å². The lowest BCUT2D eigenvalue weighted by Crippen LogP contribution is -2.54. The van der Waals surface area contributed by atoms with Crippen molar-refractivity contribution in [1.29, 1.82) is 0 Å². The molecule has 4 amide bonds. The first-order chi connectivity index (χ1) is 14.3. The second-order valence-corrected chi connectivity index (χ2v) is 6.65. The summed E-state index contributed by atoms with van der Waals surface area (Å²) < 4.78 is 5.25. The van der Waals surface area contributed by atoms with Gasteiger partial charge in [-0.3, -0.25) is 14.9 Å². The van der Waals surface area contributed by atoms with E-state index in [9.17, 15) is 19.2 Å². The summed E-state index contributed by atoms with van der Waals surface area (Å²) in [7, 11) is 0. The minimum atomic E-state index is -1.10. The van der Waals surface area contributed by atoms with Gasteiger partial charge in [0, 0.05) is 0 Å². The molecule has 0 bridgehead atoms. The maximum Gasteiger partial charge on any atom is 0.344 e. The van der Waals surface area contributed by atoms with Gasteiger partial charge in [0.2, 0.25) is 0 Å². The smallest absolute Gasteiger partial charge is 0.344 e. The number of imide groups is 2. The summed E-state index contributed by atoms with van der Waals surface area (Å²) in [5, 5.41) is 11.1. The van der Waals surface area contributed by atoms with Gasteiger partial charge >= 0.3 is 12.0 Å². The highest BCUT2D eigenvalue weighted by Crippen LogP contribution is 2.23. The van der Waals surface area contributed by atoms with Crippen molar-refractivity contribution in [3.05, 3.63) is 65.2 Å². The van der Waals surface area contributed by atoms with E-state index in [0.717, 1.165) is 16.9 Å². The summed E-state index contributed by atoms with van der Waals surface area (Å²) in [6, 6.07) is 12.3. The van der Waals surface area contributed by atoms with Crippen molar-refractivity contribution in [1.82, 2.24) is 5.32 Å². The molecule has 3 rings (SSSR count). The number of ether oxygens (including phenoxy) is 1. The van der Waals surface area contributed by atoms with E-state index >= 15 is 0 Å². The fourth-order valence-corrected chi connectivity index (χ4v) is 2.84. The van der Waals surface area contributed by atoms with Crippen LogP contribution in [0.3, 0.4) is 0 Å². The summed E-state index contributed by atoms with van der Waals surface area (Å²) in [5.74, 6) is -2.28. The molecule has 0 aliphatic carbocycles. The number of nitrogens with zero attached hydrogens (tertiary/aromatic N) is 1. The Morgan fingerprint density at radius 1 is 1.10 bits per heavy atom. The van der Waals surface area contributed by atoms with Crippen LogP contribution in [0, 0.1) is 0 Å². The molecular weight excluding hydrogens is 388 g/mol. The van der Waals surface area contributed by atoms with Crippen LogP contribution < -0.4 is 15.0 Å². The maximum atomic E-state index is 12.9. The van der Waals surface area contributed by atoms with Crippen molar-refractivity contribution in [2.24, 2.45) is 0 Å². The van der Waals surface area contributed by atoms with Gasteiger partial charge in [-0.25, -0.2) is 14.5 Å². The van der Waals surface area contributed by atoms with Crippen LogP contribution in [0.25, 0.3) is 6.08 Å². The number of barbiturate groups is 1. The second-order valence-electron chi connectivity index (χ2n) is 6.65. The van der Waals surface area contributed by atoms with Crippen LogP contribution in [0.2, 0.25) is 0 Å². The number of nitrogens with one attached hydrogen (secondary N) is 1. The number of aryl methyl sites for hydroxylation is 1. The number of hydrogen-bond donors (Lipinski definition) is 2. The molecule has 1 atom stereocenters. The van der Waals surface area contributed by atoms with E-state index in [4.69, 9.17) is 9.84 Å². The first kappa shape index (κ1) is 20.8. The number of amides is 4. The van der Waals surface area contributed by atoms with Crippen LogP contribution in [0.1, 0.15) is 25.0 Å². The third kappa shape index (κ3) is 4.38. The third-order valence-electron chi connectivity index (χ3n) is 4.56. The van der Waals surface area contributed by atoms with Gasteiger partial charge < -0.3 is 9.84 Å². The average Bonchev–Trinajstić information content (AvgIpc) is 2.72. The second kappa shape index (κ2) is 8.60. The molecule has 1 heterocycles. The molecule has 8 heteroatoms. The fraction of sp³-hybridized carbons (Fsp3) is 0.182. The van der Waals surface area contributed by atoms with Crippen molar-refractivity contribution in [3.63, 3.8) is 0 Å². The number of benzene rings is 2. The zero-order valence-corrected chi connectivity index (χ0v) is 16.4. The third-order valence-corrected chi connectivity index (χ3v) is 4.56. The van der Waals surface area contributed by atoms with Gasteiger partial charge in [-0.1, -0.05) is 31.2 Å². The Morgan fingerprint density at radius 2 is 1.73 bits per heavy atom. The zero-order chi connectivity index (χ0) is 21.8. The van der Waals surface area contributed by atoms with Crippen molar-refractivity contribution in [2.45, 2.75) is 26.4 Å². The largest absolute Gasteiger partial charge is 0.479 e. The lowest BCUT2D eigenvalue weighted by Gasteiger charge is -2.26. The van der Waals surface area contributed by atoms with E-state index in [1.165, 1.54) is 25.1 Å². The number of urea groups is 1. The number of hydrogen-bond acceptors (Lipinski definition) is 5. The molecular formula is C22H20N2O6. The fourth-order valence-electron chi connectivity index (χ4n) is 2.84. The molecule has 1 saturated heterocycles. The van der Waals surface area contributed by atoms with E-state index in [2.05, 4.69) is 5.32 Å². The van der Waals surface area contributed by atoms with Crippen LogP contribution in [0.4, 0.5) is 10.5 Å². The number of anilines is 1. The Bertz CT molecular complexity index is 1020. The van der Waals surface area contributed by atoms with Crippen LogP contribution >= 0.6 is 0 Å². The quantitative estimate of drug-likeness (QED) is 0.561. The molecule has 1 fully saturated rings. The highest BCUT2D eigenvalue weighted by Gasteiger charge is 2.36. The molecule has 8 nitrogen and oxygen atoms in total. The van der Waals surface area contributed by atoms with E-state index in [0.29, 0.717) is 17.0 Å². The summed E-state index contributed by atoms with van der Waals surface area (Å²) in [6.45, 7) is 3.40. The van der Waals surface area contributed by atoms with Crippen LogP contribution in [-0.2, 0) is 20.8 Å². The van der Waals surface area contributed by atoms with E-state index in [1.807, 2.05) is 19.1 Å². The van der Waals surface area contributed by atoms with Crippen molar-refractivity contribution in [3.8, 4) is 5.75 Å². The highest BCUT2D eigenvalue weighted by atomic mass is 16.5. The molecule has 1 aliphatic heterocycles. The lowest BCUT2D eigenvalue weighted by molar-refractivity contribution is -0.144. The summed E-state index contributed by atoms with van der Waals surface area (Å²) in [4.78, 5) is 49.2. The number of carboxylic acids is 1. The monoisotopic (exact) mass is 408 g/mol. The number of rotatable bonds is 6. The van der Waals surface area contributed by atoms with Crippen LogP contribution in [-0.4, -0.2) is 35.0 Å². The van der Waals surface area contributed by atoms with E-state index in [-0.39, 0.29) is 5.57 Å². The van der Waals surface area contributed by atoms with E-state index in [1.54, 1.807) is 24.3 Å². The normalized spacial score (nSPS) is 16.4. The van der Waals surface area contributed by atoms with Gasteiger partial charge in [0.1, 0.15) is 11.3 Å². The highest BCUT2D eigenvalue weighted by molar-refractivity contribution is 6.39. The molecule has 30 heavy (non-hydrogen) atoms. The SMILES string of the molecule is CCc1ccc(N2C(=O)NC(=O)/C(=C\c3ccc(OC(C)C(=O)O)cc3)C2=O)cc1. The number of aliphatic carboxylic acids is 1. The summed E-state index contributed by atoms with van der Waals surface area (Å²) >= 11 is 0. The number of carbonyl (C=O) groups excluding carboxylic acids is 3. The first-order valence-electron chi connectivity index (χ1n) is 9.30. The number of carboxylic acid groups (broad SMARTS) is 1. The van der Waals surface area contributed by atoms with Gasteiger partial charge in [-0.05, 0) is 54.8 Å². The first-order valence-corrected chi connectivity index (χ1v) is 9.30. The summed E-state index contributed by atoms with van der Waals surface area (Å²) in [6.07, 6.45) is 1.16. The lowest BCUT2D eigenvalue weighted by atomic mass is 10.1. The molecule has 2 aromatic rings. The molecule has 2 N–H and O–H groups in total. The van der Waals surface area contributed by atoms with Gasteiger partial charge in [0.25, 0.3) is 11.8 Å². The van der Waals surface area contributed by atoms with Gasteiger partial charge in [0.15, 0.2) is 6.10 Å². The minimum Gasteiger partial charge on any atom is -0.479 e. The molecule has 0 aromatic heterocycles. The Kier molecular flexibility index (Phi) is 5.96. The van der Waals surface area contributed by atoms with Gasteiger partial charge in [-0.15, -0.1) is 0 Å². The molecule has 0 saturated carbocycles. The van der Waals surface area contributed by atoms with E-state index < -0.39 is 29.9 Å². The predicted octanol–water partition coefficient (Wildman–Crippen LogP) is 2.77. The molecule has 2 aromatic carbocycles. The molecule has 1 unspecified atom stereocenters. The zero-order valence-electron chi connectivity index (χ0n) is 16.4. The number of carbonyl (C=O) groups is 4. The summed E-state index contributed by atoms with van der Waals surface area (Å²) in [5.41, 5.74) is 1.73. The average molecular weight is 408 g/mol. The Labute approximate surface area is 172 Å². The predicted molar refractivity (Wildman–Crippen MR) is 109 cm³/mol. The molecule has 0 radical (unpaired) electrons. The Balaban J connectivity index is 1.85. The Hall–Kier alpha value is -3.94. The Morgan fingerprint density at radius 3 is 2.30 bits per heavy atom. The topological polar surface area (TPSA) is 113 Å². The molecule has 0 spiro atoms. The van der Waals surface area contributed by atoms with Gasteiger partial charge in [0.05, 0.1) is 5.69 Å². The minimum absolute atomic E-state index is 0.193. The standard InChI is InChI=1S/C22H20N2O6/c1-3-14-4-8-16(9-5-14)24-20(26)18(19(25)23-22(24)29)12-15-6-10-17(11-7-15)30-13(2)21(27)28/h4-13H,3H2,1-2H3,(H,27,28)(H,23,25,29)/b18-12+. The van der Waals surface area contributed by atoms with Crippen molar-refractivity contribution >= 4 is 35.6 Å².